The summed E-state index contributed by atoms with van der Waals surface area (Å²) in [4.78, 5) is 17.3. The van der Waals surface area contributed by atoms with Crippen molar-refractivity contribution in [1.29, 1.82) is 0 Å². The third kappa shape index (κ3) is 2.59. The first-order chi connectivity index (χ1) is 11.7. The van der Waals surface area contributed by atoms with Crippen molar-refractivity contribution in [3.63, 3.8) is 0 Å². The Labute approximate surface area is 144 Å². The molecule has 0 saturated heterocycles. The van der Waals surface area contributed by atoms with Crippen molar-refractivity contribution in [1.82, 2.24) is 10.3 Å². The molecule has 2 N–H and O–H groups in total. The summed E-state index contributed by atoms with van der Waals surface area (Å²) in [6.07, 6.45) is 4.32. The number of fused-ring (bicyclic) bond motifs is 1. The summed E-state index contributed by atoms with van der Waals surface area (Å²) in [6, 6.07) is 11.9. The molecule has 1 amide bonds. The third-order valence-electron chi connectivity index (χ3n) is 4.88. The fraction of sp³-hybridized carbons (Fsp3) is 0.316. The number of methoxy groups -OCH3 is 1. The highest BCUT2D eigenvalue weighted by atomic mass is 32.1. The molecule has 4 rings (SSSR count). The van der Waals surface area contributed by atoms with Gasteiger partial charge in [0, 0.05) is 21.8 Å². The fourth-order valence-corrected chi connectivity index (χ4v) is 4.54. The van der Waals surface area contributed by atoms with Crippen molar-refractivity contribution >= 4 is 28.1 Å². The van der Waals surface area contributed by atoms with E-state index in [2.05, 4.69) is 27.8 Å². The highest BCUT2D eigenvalue weighted by Crippen LogP contribution is 2.41. The maximum absolute atomic E-state index is 12.9. The Kier molecular flexibility index (Phi) is 3.81. The first kappa shape index (κ1) is 15.3. The van der Waals surface area contributed by atoms with Gasteiger partial charge in [-0.3, -0.25) is 4.79 Å². The maximum atomic E-state index is 12.9. The lowest BCUT2D eigenvalue weighted by Gasteiger charge is -2.29. The molecule has 124 valence electrons. The molecular weight excluding hydrogens is 320 g/mol. The van der Waals surface area contributed by atoms with Crippen molar-refractivity contribution in [3.05, 3.63) is 52.3 Å². The van der Waals surface area contributed by atoms with E-state index in [0.29, 0.717) is 5.69 Å². The van der Waals surface area contributed by atoms with E-state index >= 15 is 0 Å². The molecule has 2 heterocycles. The minimum Gasteiger partial charge on any atom is -0.497 e. The number of aromatic nitrogens is 1. The van der Waals surface area contributed by atoms with Crippen LogP contribution in [-0.4, -0.2) is 18.0 Å². The van der Waals surface area contributed by atoms with Gasteiger partial charge in [0.2, 0.25) is 0 Å². The number of benzene rings is 1. The van der Waals surface area contributed by atoms with Crippen LogP contribution in [0, 0.1) is 0 Å². The average molecular weight is 340 g/mol. The van der Waals surface area contributed by atoms with Gasteiger partial charge < -0.3 is 15.0 Å². The quantitative estimate of drug-likeness (QED) is 0.738. The van der Waals surface area contributed by atoms with E-state index in [9.17, 15) is 4.79 Å². The predicted molar refractivity (Wildman–Crippen MR) is 96.8 cm³/mol. The lowest BCUT2D eigenvalue weighted by atomic mass is 9.95. The number of hydrogen-bond acceptors (Lipinski definition) is 3. The summed E-state index contributed by atoms with van der Waals surface area (Å²) >= 11 is 1.72. The minimum atomic E-state index is -0.208. The van der Waals surface area contributed by atoms with E-state index < -0.39 is 0 Å². The second-order valence-corrected chi connectivity index (χ2v) is 7.30. The van der Waals surface area contributed by atoms with Crippen LogP contribution in [-0.2, 0) is 5.54 Å². The molecule has 24 heavy (non-hydrogen) atoms. The van der Waals surface area contributed by atoms with Crippen LogP contribution in [0.25, 0.3) is 10.9 Å². The van der Waals surface area contributed by atoms with Gasteiger partial charge in [-0.2, -0.15) is 0 Å². The largest absolute Gasteiger partial charge is 0.497 e. The molecular formula is C19H20N2O2S. The molecule has 0 aliphatic heterocycles. The topological polar surface area (TPSA) is 54.1 Å². The van der Waals surface area contributed by atoms with Crippen LogP contribution in [0.3, 0.4) is 0 Å². The van der Waals surface area contributed by atoms with E-state index in [4.69, 9.17) is 4.74 Å². The maximum Gasteiger partial charge on any atom is 0.268 e. The van der Waals surface area contributed by atoms with Gasteiger partial charge in [0.25, 0.3) is 5.91 Å². The van der Waals surface area contributed by atoms with Crippen molar-refractivity contribution in [2.24, 2.45) is 0 Å². The highest BCUT2D eigenvalue weighted by Gasteiger charge is 2.38. The molecule has 2 aromatic heterocycles. The van der Waals surface area contributed by atoms with Gasteiger partial charge >= 0.3 is 0 Å². The van der Waals surface area contributed by atoms with Crippen LogP contribution >= 0.6 is 11.3 Å². The van der Waals surface area contributed by atoms with Crippen LogP contribution in [0.1, 0.15) is 41.0 Å². The number of ether oxygens (including phenoxy) is 1. The van der Waals surface area contributed by atoms with E-state index in [0.717, 1.165) is 42.3 Å². The van der Waals surface area contributed by atoms with Crippen molar-refractivity contribution in [2.75, 3.05) is 7.11 Å². The zero-order valence-electron chi connectivity index (χ0n) is 13.6. The van der Waals surface area contributed by atoms with Crippen molar-refractivity contribution in [2.45, 2.75) is 31.2 Å². The van der Waals surface area contributed by atoms with Crippen molar-refractivity contribution in [3.8, 4) is 5.75 Å². The normalized spacial score (nSPS) is 16.4. The lowest BCUT2D eigenvalue weighted by Crippen LogP contribution is -2.43. The van der Waals surface area contributed by atoms with E-state index in [1.54, 1.807) is 18.4 Å². The second kappa shape index (κ2) is 5.98. The van der Waals surface area contributed by atoms with Crippen LogP contribution in [0.15, 0.2) is 41.8 Å². The Hall–Kier alpha value is -2.27. The van der Waals surface area contributed by atoms with E-state index in [-0.39, 0.29) is 11.4 Å². The summed E-state index contributed by atoms with van der Waals surface area (Å²) < 4.78 is 5.25. The number of rotatable bonds is 4. The zero-order valence-corrected chi connectivity index (χ0v) is 14.4. The van der Waals surface area contributed by atoms with Crippen LogP contribution in [0.2, 0.25) is 0 Å². The number of carbonyl (C=O) groups is 1. The summed E-state index contributed by atoms with van der Waals surface area (Å²) in [7, 11) is 1.64. The summed E-state index contributed by atoms with van der Waals surface area (Å²) in [5.74, 6) is 0.739. The van der Waals surface area contributed by atoms with Gasteiger partial charge in [-0.15, -0.1) is 11.3 Å². The number of amides is 1. The van der Waals surface area contributed by atoms with Gasteiger partial charge in [0.05, 0.1) is 12.6 Å². The summed E-state index contributed by atoms with van der Waals surface area (Å²) in [6.45, 7) is 0. The van der Waals surface area contributed by atoms with Gasteiger partial charge in [0.1, 0.15) is 11.4 Å². The number of nitrogens with one attached hydrogen (secondary N) is 2. The molecule has 0 atom stereocenters. The van der Waals surface area contributed by atoms with Gasteiger partial charge in [-0.1, -0.05) is 18.9 Å². The Balaban J connectivity index is 1.63. The Bertz CT molecular complexity index is 861. The van der Waals surface area contributed by atoms with Crippen molar-refractivity contribution < 1.29 is 9.53 Å². The first-order valence-electron chi connectivity index (χ1n) is 8.23. The molecule has 1 fully saturated rings. The van der Waals surface area contributed by atoms with Crippen LogP contribution in [0.5, 0.6) is 5.75 Å². The summed E-state index contributed by atoms with van der Waals surface area (Å²) in [5.41, 5.74) is 1.30. The van der Waals surface area contributed by atoms with E-state index in [1.807, 2.05) is 24.3 Å². The molecule has 1 aliphatic rings. The molecule has 1 saturated carbocycles. The Morgan fingerprint density at radius 2 is 2.08 bits per heavy atom. The molecule has 3 aromatic rings. The van der Waals surface area contributed by atoms with Gasteiger partial charge in [-0.05, 0) is 42.5 Å². The van der Waals surface area contributed by atoms with Gasteiger partial charge in [-0.25, -0.2) is 0 Å². The number of aromatic amines is 1. The van der Waals surface area contributed by atoms with Crippen LogP contribution in [0.4, 0.5) is 0 Å². The molecule has 1 aromatic carbocycles. The fourth-order valence-electron chi connectivity index (χ4n) is 3.60. The molecule has 0 spiro atoms. The smallest absolute Gasteiger partial charge is 0.268 e. The Morgan fingerprint density at radius 1 is 1.25 bits per heavy atom. The predicted octanol–water partition coefficient (Wildman–Crippen LogP) is 4.44. The Morgan fingerprint density at radius 3 is 2.79 bits per heavy atom. The molecule has 0 radical (unpaired) electrons. The third-order valence-corrected chi connectivity index (χ3v) is 5.95. The monoisotopic (exact) mass is 340 g/mol. The zero-order chi connectivity index (χ0) is 16.6. The molecule has 1 aliphatic carbocycles. The molecule has 0 unspecified atom stereocenters. The number of carbonyl (C=O) groups excluding carboxylic acids is 1. The van der Waals surface area contributed by atoms with E-state index in [1.165, 1.54) is 4.88 Å². The molecule has 4 nitrogen and oxygen atoms in total. The SMILES string of the molecule is COc1ccc2cc(C(=O)NC3(c4cccs4)CCCC3)[nH]c2c1. The van der Waals surface area contributed by atoms with Crippen LogP contribution < -0.4 is 10.1 Å². The summed E-state index contributed by atoms with van der Waals surface area (Å²) in [5, 5.41) is 6.40. The second-order valence-electron chi connectivity index (χ2n) is 6.36. The molecule has 0 bridgehead atoms. The highest BCUT2D eigenvalue weighted by molar-refractivity contribution is 7.10. The minimum absolute atomic E-state index is 0.0412. The average Bonchev–Trinajstić information content (AvgIpc) is 3.33. The number of H-pyrrole nitrogens is 1. The van der Waals surface area contributed by atoms with Gasteiger partial charge in [0.15, 0.2) is 0 Å². The number of hydrogen-bond donors (Lipinski definition) is 2. The lowest BCUT2D eigenvalue weighted by molar-refractivity contribution is 0.0895. The number of thiophene rings is 1. The standard InChI is InChI=1S/C19H20N2O2S/c1-23-14-7-6-13-11-16(20-15(13)12-14)18(22)21-19(8-2-3-9-19)17-5-4-10-24-17/h4-7,10-12,20H,2-3,8-9H2,1H3,(H,21,22). The first-order valence-corrected chi connectivity index (χ1v) is 9.11. The molecule has 5 heteroatoms.